The zero-order valence-corrected chi connectivity index (χ0v) is 18.3. The molecule has 3 aromatic heterocycles. The topological polar surface area (TPSA) is 38.9 Å². The van der Waals surface area contributed by atoms with Crippen molar-refractivity contribution in [3.8, 4) is 11.3 Å². The number of furan rings is 1. The fraction of sp³-hybridized carbons (Fsp3) is 0.286. The third-order valence-electron chi connectivity index (χ3n) is 6.91. The SMILES string of the molecule is Cc1cc(-c2ncc(C)c3c(C4CCCC4)cccc23)c2oc3nc(C)ccc3c2c1. The molecule has 1 aliphatic rings. The van der Waals surface area contributed by atoms with Gasteiger partial charge in [-0.3, -0.25) is 4.98 Å². The number of rotatable bonds is 2. The summed E-state index contributed by atoms with van der Waals surface area (Å²) in [6, 6.07) is 15.3. The van der Waals surface area contributed by atoms with Gasteiger partial charge in [-0.2, -0.15) is 0 Å². The zero-order chi connectivity index (χ0) is 21.1. The van der Waals surface area contributed by atoms with Crippen LogP contribution in [0.5, 0.6) is 0 Å². The van der Waals surface area contributed by atoms with Crippen molar-refractivity contribution in [3.05, 3.63) is 71.0 Å². The molecule has 0 spiro atoms. The van der Waals surface area contributed by atoms with Crippen molar-refractivity contribution in [1.29, 1.82) is 0 Å². The predicted octanol–water partition coefficient (Wildman–Crippen LogP) is 7.78. The normalized spacial score (nSPS) is 14.9. The predicted molar refractivity (Wildman–Crippen MR) is 128 cm³/mol. The molecule has 31 heavy (non-hydrogen) atoms. The zero-order valence-electron chi connectivity index (χ0n) is 18.3. The van der Waals surface area contributed by atoms with Gasteiger partial charge in [0, 0.05) is 33.6 Å². The first-order chi connectivity index (χ1) is 15.1. The molecule has 0 aliphatic heterocycles. The van der Waals surface area contributed by atoms with Crippen LogP contribution >= 0.6 is 0 Å². The first-order valence-electron chi connectivity index (χ1n) is 11.3. The maximum atomic E-state index is 6.33. The van der Waals surface area contributed by atoms with Gasteiger partial charge in [0.05, 0.1) is 5.69 Å². The van der Waals surface area contributed by atoms with Gasteiger partial charge in [-0.05, 0) is 85.9 Å². The molecule has 5 aromatic rings. The minimum Gasteiger partial charge on any atom is -0.437 e. The van der Waals surface area contributed by atoms with Crippen LogP contribution in [-0.2, 0) is 0 Å². The van der Waals surface area contributed by atoms with E-state index in [0.717, 1.165) is 33.3 Å². The minimum absolute atomic E-state index is 0.661. The van der Waals surface area contributed by atoms with Crippen molar-refractivity contribution in [2.45, 2.75) is 52.4 Å². The molecule has 1 aliphatic carbocycles. The Kier molecular flexibility index (Phi) is 4.14. The monoisotopic (exact) mass is 406 g/mol. The third kappa shape index (κ3) is 2.87. The Balaban J connectivity index is 1.68. The van der Waals surface area contributed by atoms with Crippen LogP contribution in [0.15, 0.2) is 53.1 Å². The minimum atomic E-state index is 0.661. The van der Waals surface area contributed by atoms with Crippen LogP contribution in [0.2, 0.25) is 0 Å². The molecule has 0 radical (unpaired) electrons. The lowest BCUT2D eigenvalue weighted by atomic mass is 9.89. The summed E-state index contributed by atoms with van der Waals surface area (Å²) in [7, 11) is 0. The van der Waals surface area contributed by atoms with E-state index in [0.29, 0.717) is 11.6 Å². The van der Waals surface area contributed by atoms with Crippen molar-refractivity contribution in [1.82, 2.24) is 9.97 Å². The Morgan fingerprint density at radius 2 is 1.74 bits per heavy atom. The van der Waals surface area contributed by atoms with Gasteiger partial charge in [0.2, 0.25) is 5.71 Å². The van der Waals surface area contributed by atoms with Crippen molar-refractivity contribution in [2.75, 3.05) is 0 Å². The van der Waals surface area contributed by atoms with Crippen molar-refractivity contribution >= 4 is 32.8 Å². The summed E-state index contributed by atoms with van der Waals surface area (Å²) < 4.78 is 6.33. The van der Waals surface area contributed by atoms with E-state index in [1.165, 1.54) is 53.1 Å². The van der Waals surface area contributed by atoms with Gasteiger partial charge in [0.15, 0.2) is 0 Å². The molecule has 6 rings (SSSR count). The molecule has 0 atom stereocenters. The molecule has 0 N–H and O–H groups in total. The average molecular weight is 407 g/mol. The first-order valence-corrected chi connectivity index (χ1v) is 11.3. The quantitative estimate of drug-likeness (QED) is 0.300. The molecule has 154 valence electrons. The van der Waals surface area contributed by atoms with E-state index >= 15 is 0 Å². The standard InChI is InChI=1S/C28H26N2O/c1-16-13-23-21-12-11-18(3)30-28(21)31-27(23)24(14-16)26-22-10-6-9-20(19-7-4-5-8-19)25(22)17(2)15-29-26/h6,9-15,19H,4-5,7-8H2,1-3H3. The molecule has 3 heteroatoms. The maximum absolute atomic E-state index is 6.33. The van der Waals surface area contributed by atoms with Gasteiger partial charge >= 0.3 is 0 Å². The number of hydrogen-bond acceptors (Lipinski definition) is 3. The number of fused-ring (bicyclic) bond motifs is 4. The smallest absolute Gasteiger partial charge is 0.227 e. The van der Waals surface area contributed by atoms with E-state index in [4.69, 9.17) is 9.40 Å². The lowest BCUT2D eigenvalue weighted by Crippen LogP contribution is -1.98. The highest BCUT2D eigenvalue weighted by molar-refractivity contribution is 6.11. The molecule has 1 fully saturated rings. The first kappa shape index (κ1) is 18.6. The van der Waals surface area contributed by atoms with Crippen LogP contribution in [-0.4, -0.2) is 9.97 Å². The van der Waals surface area contributed by atoms with Gasteiger partial charge < -0.3 is 4.42 Å². The summed E-state index contributed by atoms with van der Waals surface area (Å²) in [6.07, 6.45) is 7.29. The third-order valence-corrected chi connectivity index (χ3v) is 6.91. The largest absolute Gasteiger partial charge is 0.437 e. The van der Waals surface area contributed by atoms with Crippen LogP contribution in [0, 0.1) is 20.8 Å². The van der Waals surface area contributed by atoms with E-state index in [9.17, 15) is 0 Å². The summed E-state index contributed by atoms with van der Waals surface area (Å²) in [4.78, 5) is 9.58. The Morgan fingerprint density at radius 3 is 2.58 bits per heavy atom. The molecule has 3 heterocycles. The molecule has 0 unspecified atom stereocenters. The lowest BCUT2D eigenvalue weighted by Gasteiger charge is -2.17. The van der Waals surface area contributed by atoms with E-state index in [1.807, 2.05) is 19.2 Å². The molecule has 3 nitrogen and oxygen atoms in total. The molecule has 2 aromatic carbocycles. The van der Waals surface area contributed by atoms with Crippen LogP contribution in [0.3, 0.4) is 0 Å². The highest BCUT2D eigenvalue weighted by Crippen LogP contribution is 2.42. The Labute approximate surface area is 182 Å². The Hall–Kier alpha value is -3.20. The molecule has 0 bridgehead atoms. The van der Waals surface area contributed by atoms with Gasteiger partial charge in [0.1, 0.15) is 5.58 Å². The number of benzene rings is 2. The van der Waals surface area contributed by atoms with Gasteiger partial charge in [-0.15, -0.1) is 0 Å². The maximum Gasteiger partial charge on any atom is 0.227 e. The molecule has 0 amide bonds. The Bertz CT molecular complexity index is 1470. The second-order valence-electron chi connectivity index (χ2n) is 9.14. The van der Waals surface area contributed by atoms with Crippen LogP contribution in [0.25, 0.3) is 44.1 Å². The van der Waals surface area contributed by atoms with Crippen molar-refractivity contribution in [2.24, 2.45) is 0 Å². The van der Waals surface area contributed by atoms with Gasteiger partial charge in [-0.25, -0.2) is 4.98 Å². The van der Waals surface area contributed by atoms with E-state index in [1.54, 1.807) is 0 Å². The molecular formula is C28H26N2O. The van der Waals surface area contributed by atoms with Gasteiger partial charge in [0.25, 0.3) is 0 Å². The van der Waals surface area contributed by atoms with Crippen molar-refractivity contribution in [3.63, 3.8) is 0 Å². The van der Waals surface area contributed by atoms with Crippen LogP contribution < -0.4 is 0 Å². The summed E-state index contributed by atoms with van der Waals surface area (Å²) in [5.74, 6) is 0.661. The van der Waals surface area contributed by atoms with E-state index in [-0.39, 0.29) is 0 Å². The lowest BCUT2D eigenvalue weighted by molar-refractivity contribution is 0.653. The number of aryl methyl sites for hydroxylation is 3. The summed E-state index contributed by atoms with van der Waals surface area (Å²) >= 11 is 0. The van der Waals surface area contributed by atoms with Gasteiger partial charge in [-0.1, -0.05) is 31.0 Å². The fourth-order valence-corrected chi connectivity index (χ4v) is 5.47. The average Bonchev–Trinajstić information content (AvgIpc) is 3.41. The molecular weight excluding hydrogens is 380 g/mol. The number of nitrogens with zero attached hydrogens (tertiary/aromatic N) is 2. The summed E-state index contributed by atoms with van der Waals surface area (Å²) in [5.41, 5.74) is 8.55. The summed E-state index contributed by atoms with van der Waals surface area (Å²) in [6.45, 7) is 6.33. The second kappa shape index (κ2) is 6.91. The number of aromatic nitrogens is 2. The highest BCUT2D eigenvalue weighted by atomic mass is 16.3. The Morgan fingerprint density at radius 1 is 0.903 bits per heavy atom. The fourth-order valence-electron chi connectivity index (χ4n) is 5.47. The van der Waals surface area contributed by atoms with E-state index in [2.05, 4.69) is 55.2 Å². The van der Waals surface area contributed by atoms with Crippen molar-refractivity contribution < 1.29 is 4.42 Å². The highest BCUT2D eigenvalue weighted by Gasteiger charge is 2.22. The van der Waals surface area contributed by atoms with E-state index < -0.39 is 0 Å². The van der Waals surface area contributed by atoms with Crippen LogP contribution in [0.1, 0.15) is 54.0 Å². The van der Waals surface area contributed by atoms with Crippen LogP contribution in [0.4, 0.5) is 0 Å². The molecule has 0 saturated heterocycles. The number of pyridine rings is 2. The second-order valence-corrected chi connectivity index (χ2v) is 9.14. The number of hydrogen-bond donors (Lipinski definition) is 0. The molecule has 1 saturated carbocycles. The summed E-state index contributed by atoms with van der Waals surface area (Å²) in [5, 5.41) is 4.77.